The summed E-state index contributed by atoms with van der Waals surface area (Å²) in [6.07, 6.45) is 9.46. The van der Waals surface area contributed by atoms with Gasteiger partial charge in [-0.2, -0.15) is 0 Å². The molecule has 0 saturated heterocycles. The van der Waals surface area contributed by atoms with Gasteiger partial charge in [0.1, 0.15) is 12.2 Å². The lowest BCUT2D eigenvalue weighted by Crippen LogP contribution is -2.44. The van der Waals surface area contributed by atoms with E-state index in [1.54, 1.807) is 12.3 Å². The van der Waals surface area contributed by atoms with Crippen LogP contribution in [0.5, 0.6) is 0 Å². The summed E-state index contributed by atoms with van der Waals surface area (Å²) >= 11 is 0. The molecule has 0 atom stereocenters. The highest BCUT2D eigenvalue weighted by molar-refractivity contribution is 5.95. The van der Waals surface area contributed by atoms with Crippen LogP contribution in [0.3, 0.4) is 0 Å². The number of hydrogen-bond acceptors (Lipinski definition) is 2. The predicted octanol–water partition coefficient (Wildman–Crippen LogP) is 3.70. The Balaban J connectivity index is 2.28. The predicted molar refractivity (Wildman–Crippen MR) is 83.8 cm³/mol. The van der Waals surface area contributed by atoms with Crippen LogP contribution in [0.15, 0.2) is 24.4 Å². The van der Waals surface area contributed by atoms with Crippen molar-refractivity contribution in [2.24, 2.45) is 0 Å². The van der Waals surface area contributed by atoms with Crippen molar-refractivity contribution >= 4 is 5.78 Å². The Kier molecular flexibility index (Phi) is 7.45. The van der Waals surface area contributed by atoms with Crippen LogP contribution in [0.2, 0.25) is 0 Å². The minimum atomic E-state index is 0.140. The van der Waals surface area contributed by atoms with Gasteiger partial charge in [-0.1, -0.05) is 38.7 Å². The Morgan fingerprint density at radius 2 is 1.80 bits per heavy atom. The molecule has 0 radical (unpaired) electrons. The van der Waals surface area contributed by atoms with Crippen molar-refractivity contribution in [2.75, 3.05) is 27.2 Å². The number of likely N-dealkylation sites (N-methyl/N-ethyl adjacent to an activating group) is 1. The fourth-order valence-electron chi connectivity index (χ4n) is 2.40. The first-order valence-corrected chi connectivity index (χ1v) is 7.81. The average molecular weight is 277 g/mol. The van der Waals surface area contributed by atoms with Gasteiger partial charge in [-0.05, 0) is 25.0 Å². The second-order valence-electron chi connectivity index (χ2n) is 6.22. The summed E-state index contributed by atoms with van der Waals surface area (Å²) in [4.78, 5) is 16.3. The molecule has 0 spiro atoms. The molecule has 0 aliphatic heterocycles. The maximum Gasteiger partial charge on any atom is 0.235 e. The SMILES string of the molecule is CCCCCCCC[N+](C)(C)CC(=O)c1ccccn1. The van der Waals surface area contributed by atoms with Gasteiger partial charge >= 0.3 is 0 Å². The van der Waals surface area contributed by atoms with E-state index in [9.17, 15) is 4.79 Å². The van der Waals surface area contributed by atoms with Crippen LogP contribution in [0.4, 0.5) is 0 Å². The zero-order valence-electron chi connectivity index (χ0n) is 13.3. The van der Waals surface area contributed by atoms with Gasteiger partial charge in [-0.25, -0.2) is 0 Å². The number of carbonyl (C=O) groups excluding carboxylic acids is 1. The highest BCUT2D eigenvalue weighted by atomic mass is 16.1. The Morgan fingerprint density at radius 1 is 1.10 bits per heavy atom. The van der Waals surface area contributed by atoms with Crippen LogP contribution in [-0.4, -0.2) is 42.4 Å². The van der Waals surface area contributed by atoms with Crippen molar-refractivity contribution in [3.63, 3.8) is 0 Å². The fourth-order valence-corrected chi connectivity index (χ4v) is 2.40. The van der Waals surface area contributed by atoms with Crippen molar-refractivity contribution in [1.82, 2.24) is 4.98 Å². The van der Waals surface area contributed by atoms with E-state index in [-0.39, 0.29) is 5.78 Å². The van der Waals surface area contributed by atoms with Crippen molar-refractivity contribution in [3.05, 3.63) is 30.1 Å². The number of ketones is 1. The second kappa shape index (κ2) is 8.85. The molecule has 1 rings (SSSR count). The molecule has 3 heteroatoms. The Bertz CT molecular complexity index is 387. The summed E-state index contributed by atoms with van der Waals surface area (Å²) in [6, 6.07) is 5.51. The molecule has 0 unspecified atom stereocenters. The van der Waals surface area contributed by atoms with E-state index < -0.39 is 0 Å². The van der Waals surface area contributed by atoms with Gasteiger partial charge < -0.3 is 4.48 Å². The molecule has 112 valence electrons. The molecule has 0 aromatic carbocycles. The molecule has 0 fully saturated rings. The highest BCUT2D eigenvalue weighted by Crippen LogP contribution is 2.09. The molecule has 0 saturated carbocycles. The largest absolute Gasteiger partial charge is 0.322 e. The van der Waals surface area contributed by atoms with Crippen LogP contribution >= 0.6 is 0 Å². The lowest BCUT2D eigenvalue weighted by molar-refractivity contribution is -0.882. The topological polar surface area (TPSA) is 30.0 Å². The number of carbonyl (C=O) groups is 1. The van der Waals surface area contributed by atoms with Gasteiger partial charge in [0.25, 0.3) is 0 Å². The number of hydrogen-bond donors (Lipinski definition) is 0. The summed E-state index contributed by atoms with van der Waals surface area (Å²) < 4.78 is 0.753. The summed E-state index contributed by atoms with van der Waals surface area (Å²) in [5, 5.41) is 0. The summed E-state index contributed by atoms with van der Waals surface area (Å²) in [7, 11) is 4.26. The number of unbranched alkanes of at least 4 members (excludes halogenated alkanes) is 5. The number of nitrogens with zero attached hydrogens (tertiary/aromatic N) is 2. The van der Waals surface area contributed by atoms with Gasteiger partial charge in [0, 0.05) is 6.20 Å². The third-order valence-electron chi connectivity index (χ3n) is 3.64. The first kappa shape index (κ1) is 16.8. The summed E-state index contributed by atoms with van der Waals surface area (Å²) in [5.74, 6) is 0.140. The van der Waals surface area contributed by atoms with E-state index in [0.717, 1.165) is 11.0 Å². The van der Waals surface area contributed by atoms with Gasteiger partial charge in [0.05, 0.1) is 20.6 Å². The zero-order chi connectivity index (χ0) is 14.8. The van der Waals surface area contributed by atoms with E-state index >= 15 is 0 Å². The number of pyridine rings is 1. The quantitative estimate of drug-likeness (QED) is 0.371. The molecule has 0 bridgehead atoms. The molecule has 1 aromatic rings. The molecule has 1 aromatic heterocycles. The lowest BCUT2D eigenvalue weighted by atomic mass is 10.1. The average Bonchev–Trinajstić information content (AvgIpc) is 2.43. The van der Waals surface area contributed by atoms with Crippen LogP contribution in [-0.2, 0) is 0 Å². The Morgan fingerprint density at radius 3 is 2.45 bits per heavy atom. The normalized spacial score (nSPS) is 11.6. The van der Waals surface area contributed by atoms with Crippen molar-refractivity contribution in [3.8, 4) is 0 Å². The van der Waals surface area contributed by atoms with Gasteiger partial charge in [0.15, 0.2) is 0 Å². The van der Waals surface area contributed by atoms with Crippen LogP contribution in [0, 0.1) is 0 Å². The first-order chi connectivity index (χ1) is 9.55. The minimum Gasteiger partial charge on any atom is -0.322 e. The Hall–Kier alpha value is -1.22. The smallest absolute Gasteiger partial charge is 0.235 e. The van der Waals surface area contributed by atoms with E-state index in [0.29, 0.717) is 12.2 Å². The van der Waals surface area contributed by atoms with Gasteiger partial charge in [-0.15, -0.1) is 0 Å². The molecule has 20 heavy (non-hydrogen) atoms. The van der Waals surface area contributed by atoms with Crippen molar-refractivity contribution in [2.45, 2.75) is 45.4 Å². The first-order valence-electron chi connectivity index (χ1n) is 7.81. The van der Waals surface area contributed by atoms with E-state index in [4.69, 9.17) is 0 Å². The van der Waals surface area contributed by atoms with E-state index in [1.165, 1.54) is 38.5 Å². The second-order valence-corrected chi connectivity index (χ2v) is 6.22. The maximum absolute atomic E-state index is 12.2. The Labute approximate surface area is 123 Å². The van der Waals surface area contributed by atoms with Crippen molar-refractivity contribution in [1.29, 1.82) is 0 Å². The zero-order valence-corrected chi connectivity index (χ0v) is 13.3. The standard InChI is InChI=1S/C17H29N2O/c1-4-5-6-7-8-11-14-19(2,3)15-17(20)16-12-9-10-13-18-16/h9-10,12-13H,4-8,11,14-15H2,1-3H3/q+1. The lowest BCUT2D eigenvalue weighted by Gasteiger charge is -2.28. The fraction of sp³-hybridized carbons (Fsp3) is 0.647. The molecule has 0 aliphatic rings. The van der Waals surface area contributed by atoms with Crippen LogP contribution in [0.1, 0.15) is 55.9 Å². The molecule has 0 aliphatic carbocycles. The maximum atomic E-state index is 12.2. The highest BCUT2D eigenvalue weighted by Gasteiger charge is 2.21. The molecule has 1 heterocycles. The number of quaternary nitrogens is 1. The van der Waals surface area contributed by atoms with E-state index in [2.05, 4.69) is 26.0 Å². The third-order valence-corrected chi connectivity index (χ3v) is 3.64. The number of rotatable bonds is 10. The molecule has 3 nitrogen and oxygen atoms in total. The van der Waals surface area contributed by atoms with Gasteiger partial charge in [0.2, 0.25) is 5.78 Å². The summed E-state index contributed by atoms with van der Waals surface area (Å²) in [5.41, 5.74) is 0.585. The third kappa shape index (κ3) is 6.80. The van der Waals surface area contributed by atoms with Gasteiger partial charge in [-0.3, -0.25) is 9.78 Å². The van der Waals surface area contributed by atoms with Crippen molar-refractivity contribution < 1.29 is 9.28 Å². The molecule has 0 amide bonds. The monoisotopic (exact) mass is 277 g/mol. The number of Topliss-reactive ketones (excluding diaryl/α,β-unsaturated/α-hetero) is 1. The minimum absolute atomic E-state index is 0.140. The van der Waals surface area contributed by atoms with Crippen LogP contribution in [0.25, 0.3) is 0 Å². The molecular formula is C17H29N2O+. The molecule has 0 N–H and O–H groups in total. The summed E-state index contributed by atoms with van der Waals surface area (Å²) in [6.45, 7) is 3.83. The number of aromatic nitrogens is 1. The van der Waals surface area contributed by atoms with E-state index in [1.807, 2.05) is 12.1 Å². The molecular weight excluding hydrogens is 248 g/mol. The van der Waals surface area contributed by atoms with Crippen LogP contribution < -0.4 is 0 Å².